The fourth-order valence-electron chi connectivity index (χ4n) is 3.73. The fraction of sp³-hybridized carbons (Fsp3) is 0.250. The minimum atomic E-state index is -0.132. The molecule has 1 N–H and O–H groups in total. The molecule has 1 aliphatic rings. The average Bonchev–Trinajstić information content (AvgIpc) is 3.59. The molecule has 7 heteroatoms. The van der Waals surface area contributed by atoms with E-state index in [9.17, 15) is 4.79 Å². The Morgan fingerprint density at radius 3 is 2.77 bits per heavy atom. The SMILES string of the molecule is Cc1nn(C)c2nc(C3CC3)cc(C(=O)NCc3ccnc(Oc4ccccc4)c3)c12. The van der Waals surface area contributed by atoms with Crippen LogP contribution in [0, 0.1) is 6.92 Å². The lowest BCUT2D eigenvalue weighted by molar-refractivity contribution is 0.0952. The topological polar surface area (TPSA) is 81.9 Å². The number of fused-ring (bicyclic) bond motifs is 1. The number of para-hydroxylation sites is 1. The molecule has 4 aromatic rings. The van der Waals surface area contributed by atoms with E-state index >= 15 is 0 Å². The molecule has 3 aromatic heterocycles. The van der Waals surface area contributed by atoms with Gasteiger partial charge in [0.25, 0.3) is 5.91 Å². The maximum Gasteiger partial charge on any atom is 0.252 e. The standard InChI is InChI=1S/C24H23N5O2/c1-15-22-19(13-20(17-8-9-17)27-23(22)29(2)28-15)24(30)26-14-16-10-11-25-21(12-16)31-18-6-4-3-5-7-18/h3-7,10-13,17H,8-9,14H2,1-2H3,(H,26,30). The number of amides is 1. The number of nitrogens with one attached hydrogen (secondary N) is 1. The average molecular weight is 413 g/mol. The summed E-state index contributed by atoms with van der Waals surface area (Å²) in [6.07, 6.45) is 3.93. The van der Waals surface area contributed by atoms with Crippen LogP contribution in [-0.4, -0.2) is 25.7 Å². The molecule has 1 aromatic carbocycles. The first-order valence-electron chi connectivity index (χ1n) is 10.4. The Hall–Kier alpha value is -3.74. The van der Waals surface area contributed by atoms with Crippen LogP contribution in [-0.2, 0) is 13.6 Å². The molecule has 31 heavy (non-hydrogen) atoms. The first-order chi connectivity index (χ1) is 15.1. The molecular weight excluding hydrogens is 390 g/mol. The van der Waals surface area contributed by atoms with E-state index in [4.69, 9.17) is 9.72 Å². The van der Waals surface area contributed by atoms with Crippen molar-refractivity contribution in [3.63, 3.8) is 0 Å². The van der Waals surface area contributed by atoms with Crippen LogP contribution in [0.5, 0.6) is 11.6 Å². The molecule has 0 bridgehead atoms. The molecular formula is C24H23N5O2. The zero-order valence-electron chi connectivity index (χ0n) is 17.5. The second-order valence-electron chi connectivity index (χ2n) is 7.88. The number of pyridine rings is 2. The molecule has 0 unspecified atom stereocenters. The van der Waals surface area contributed by atoms with E-state index < -0.39 is 0 Å². The molecule has 0 aliphatic heterocycles. The Kier molecular flexibility index (Phi) is 4.86. The lowest BCUT2D eigenvalue weighted by atomic mass is 10.1. The van der Waals surface area contributed by atoms with Crippen LogP contribution < -0.4 is 10.1 Å². The highest BCUT2D eigenvalue weighted by molar-refractivity contribution is 6.06. The first kappa shape index (κ1) is 19.2. The van der Waals surface area contributed by atoms with E-state index in [-0.39, 0.29) is 5.91 Å². The van der Waals surface area contributed by atoms with Gasteiger partial charge in [-0.1, -0.05) is 18.2 Å². The maximum atomic E-state index is 13.1. The van der Waals surface area contributed by atoms with E-state index in [2.05, 4.69) is 15.4 Å². The molecule has 3 heterocycles. The molecule has 1 saturated carbocycles. The van der Waals surface area contributed by atoms with Crippen molar-refractivity contribution in [1.29, 1.82) is 0 Å². The summed E-state index contributed by atoms with van der Waals surface area (Å²) in [5.74, 6) is 1.52. The van der Waals surface area contributed by atoms with Crippen LogP contribution in [0.25, 0.3) is 11.0 Å². The third-order valence-electron chi connectivity index (χ3n) is 5.45. The molecule has 0 spiro atoms. The van der Waals surface area contributed by atoms with E-state index in [0.717, 1.165) is 46.6 Å². The third-order valence-corrected chi connectivity index (χ3v) is 5.45. The summed E-state index contributed by atoms with van der Waals surface area (Å²) < 4.78 is 7.55. The van der Waals surface area contributed by atoms with E-state index in [1.54, 1.807) is 10.9 Å². The lowest BCUT2D eigenvalue weighted by Crippen LogP contribution is -2.23. The molecule has 156 valence electrons. The van der Waals surface area contributed by atoms with E-state index in [0.29, 0.717) is 23.9 Å². The highest BCUT2D eigenvalue weighted by Gasteiger charge is 2.28. The predicted molar refractivity (Wildman–Crippen MR) is 117 cm³/mol. The lowest BCUT2D eigenvalue weighted by Gasteiger charge is -2.10. The Morgan fingerprint density at radius 2 is 2.00 bits per heavy atom. The Balaban J connectivity index is 1.36. The number of rotatable bonds is 6. The Morgan fingerprint density at radius 1 is 1.19 bits per heavy atom. The van der Waals surface area contributed by atoms with Crippen molar-refractivity contribution in [1.82, 2.24) is 25.1 Å². The van der Waals surface area contributed by atoms with E-state index in [1.807, 2.05) is 62.5 Å². The number of ether oxygens (including phenoxy) is 1. The van der Waals surface area contributed by atoms with Gasteiger partial charge in [0.1, 0.15) is 5.75 Å². The van der Waals surface area contributed by atoms with Gasteiger partial charge in [-0.15, -0.1) is 0 Å². The third kappa shape index (κ3) is 3.99. The predicted octanol–water partition coefficient (Wildman–Crippen LogP) is 4.27. The van der Waals surface area contributed by atoms with Crippen LogP contribution in [0.4, 0.5) is 0 Å². The number of hydrogen-bond acceptors (Lipinski definition) is 5. The van der Waals surface area contributed by atoms with E-state index in [1.165, 1.54) is 0 Å². The second kappa shape index (κ2) is 7.83. The number of carbonyl (C=O) groups excluding carboxylic acids is 1. The monoisotopic (exact) mass is 413 g/mol. The van der Waals surface area contributed by atoms with Gasteiger partial charge in [0, 0.05) is 37.5 Å². The van der Waals surface area contributed by atoms with Gasteiger partial charge >= 0.3 is 0 Å². The number of hydrogen-bond donors (Lipinski definition) is 1. The number of carbonyl (C=O) groups is 1. The summed E-state index contributed by atoms with van der Waals surface area (Å²) in [4.78, 5) is 22.2. The van der Waals surface area contributed by atoms with Crippen LogP contribution in [0.3, 0.4) is 0 Å². The second-order valence-corrected chi connectivity index (χ2v) is 7.88. The maximum absolute atomic E-state index is 13.1. The summed E-state index contributed by atoms with van der Waals surface area (Å²) in [7, 11) is 1.87. The highest BCUT2D eigenvalue weighted by Crippen LogP contribution is 2.40. The minimum Gasteiger partial charge on any atom is -0.439 e. The van der Waals surface area contributed by atoms with Gasteiger partial charge in [-0.2, -0.15) is 5.10 Å². The largest absolute Gasteiger partial charge is 0.439 e. The fourth-order valence-corrected chi connectivity index (χ4v) is 3.73. The van der Waals surface area contributed by atoms with Crippen LogP contribution in [0.2, 0.25) is 0 Å². The quantitative estimate of drug-likeness (QED) is 0.510. The van der Waals surface area contributed by atoms with Crippen molar-refractivity contribution in [2.24, 2.45) is 7.05 Å². The molecule has 1 amide bonds. The van der Waals surface area contributed by atoms with Crippen molar-refractivity contribution in [3.05, 3.63) is 77.2 Å². The van der Waals surface area contributed by atoms with Gasteiger partial charge in [-0.25, -0.2) is 9.97 Å². The van der Waals surface area contributed by atoms with Crippen LogP contribution in [0.1, 0.15) is 46.1 Å². The summed E-state index contributed by atoms with van der Waals surface area (Å²) >= 11 is 0. The molecule has 0 radical (unpaired) electrons. The number of benzene rings is 1. The summed E-state index contributed by atoms with van der Waals surface area (Å²) in [6, 6.07) is 15.1. The molecule has 1 fully saturated rings. The van der Waals surface area contributed by atoms with Crippen LogP contribution >= 0.6 is 0 Å². The van der Waals surface area contributed by atoms with Gasteiger partial charge in [0.05, 0.1) is 16.6 Å². The zero-order valence-corrected chi connectivity index (χ0v) is 17.5. The zero-order chi connectivity index (χ0) is 21.4. The van der Waals surface area contributed by atoms with Gasteiger partial charge in [-0.05, 0) is 49.6 Å². The molecule has 0 saturated heterocycles. The van der Waals surface area contributed by atoms with Crippen molar-refractivity contribution < 1.29 is 9.53 Å². The summed E-state index contributed by atoms with van der Waals surface area (Å²) in [5.41, 5.74) is 4.08. The highest BCUT2D eigenvalue weighted by atomic mass is 16.5. The number of nitrogens with zero attached hydrogens (tertiary/aromatic N) is 4. The van der Waals surface area contributed by atoms with Crippen molar-refractivity contribution in [2.75, 3.05) is 0 Å². The normalized spacial score (nSPS) is 13.4. The first-order valence-corrected chi connectivity index (χ1v) is 10.4. The van der Waals surface area contributed by atoms with Gasteiger partial charge in [0.15, 0.2) is 5.65 Å². The van der Waals surface area contributed by atoms with Crippen molar-refractivity contribution in [3.8, 4) is 11.6 Å². The molecule has 7 nitrogen and oxygen atoms in total. The molecule has 1 aliphatic carbocycles. The van der Waals surface area contributed by atoms with Gasteiger partial charge in [0.2, 0.25) is 5.88 Å². The van der Waals surface area contributed by atoms with Gasteiger partial charge < -0.3 is 10.1 Å². The Labute approximate surface area is 180 Å². The summed E-state index contributed by atoms with van der Waals surface area (Å²) in [5, 5.41) is 8.32. The van der Waals surface area contributed by atoms with Crippen molar-refractivity contribution >= 4 is 16.9 Å². The minimum absolute atomic E-state index is 0.132. The molecule has 0 atom stereocenters. The van der Waals surface area contributed by atoms with Crippen molar-refractivity contribution in [2.45, 2.75) is 32.2 Å². The smallest absolute Gasteiger partial charge is 0.252 e. The number of aryl methyl sites for hydroxylation is 2. The van der Waals surface area contributed by atoms with Crippen LogP contribution in [0.15, 0.2) is 54.7 Å². The summed E-state index contributed by atoms with van der Waals surface area (Å²) in [6.45, 7) is 2.28. The molecule has 5 rings (SSSR count). The van der Waals surface area contributed by atoms with Gasteiger partial charge in [-0.3, -0.25) is 9.48 Å². The Bertz CT molecular complexity index is 1260. The number of aromatic nitrogens is 4.